The van der Waals surface area contributed by atoms with Crippen LogP contribution in [0.5, 0.6) is 0 Å². The fourth-order valence-corrected chi connectivity index (χ4v) is 12.2. The topological polar surface area (TPSA) is 237 Å². The molecule has 0 aromatic rings. The van der Waals surface area contributed by atoms with Crippen molar-refractivity contribution in [2.75, 3.05) is 39.6 Å². The molecule has 3 N–H and O–H groups in total. The Morgan fingerprint density at radius 2 is 0.587 bits per heavy atom. The van der Waals surface area contributed by atoms with Gasteiger partial charge in [0, 0.05) is 25.7 Å². The molecule has 0 aliphatic rings. The summed E-state index contributed by atoms with van der Waals surface area (Å²) in [6, 6.07) is 0. The summed E-state index contributed by atoms with van der Waals surface area (Å²) in [5.74, 6) is -0.593. The Bertz CT molecular complexity index is 1880. The lowest BCUT2D eigenvalue weighted by Gasteiger charge is -2.21. The lowest BCUT2D eigenvalue weighted by molar-refractivity contribution is -0.161. The third-order valence-electron chi connectivity index (χ3n) is 16.3. The molecule has 0 spiro atoms. The smallest absolute Gasteiger partial charge is 0.462 e. The molecule has 0 saturated heterocycles. The maximum atomic E-state index is 13.0. The molecule has 0 amide bonds. The second-order valence-corrected chi connectivity index (χ2v) is 29.5. The molecule has 0 aliphatic heterocycles. The van der Waals surface area contributed by atoms with Gasteiger partial charge in [0.1, 0.15) is 19.3 Å². The molecular weight excluding hydrogens is 1210 g/mol. The lowest BCUT2D eigenvalue weighted by atomic mass is 10.0. The fourth-order valence-electron chi connectivity index (χ4n) is 10.6. The zero-order valence-corrected chi connectivity index (χ0v) is 61.1. The first-order valence-corrected chi connectivity index (χ1v) is 40.3. The van der Waals surface area contributed by atoms with Crippen molar-refractivity contribution in [2.45, 2.75) is 368 Å². The van der Waals surface area contributed by atoms with Gasteiger partial charge in [-0.25, -0.2) is 9.13 Å². The van der Waals surface area contributed by atoms with Gasteiger partial charge < -0.3 is 33.8 Å². The van der Waals surface area contributed by atoms with Crippen molar-refractivity contribution in [2.24, 2.45) is 11.8 Å². The highest BCUT2D eigenvalue weighted by Gasteiger charge is 2.30. The van der Waals surface area contributed by atoms with Crippen molar-refractivity contribution in [3.63, 3.8) is 0 Å². The zero-order chi connectivity index (χ0) is 67.9. The highest BCUT2D eigenvalue weighted by atomic mass is 31.2. The number of hydrogen-bond donors (Lipinski definition) is 3. The molecule has 0 aliphatic carbocycles. The Morgan fingerprint density at radius 1 is 0.337 bits per heavy atom. The zero-order valence-electron chi connectivity index (χ0n) is 59.3. The van der Waals surface area contributed by atoms with Crippen LogP contribution in [-0.2, 0) is 65.4 Å². The summed E-state index contributed by atoms with van der Waals surface area (Å²) >= 11 is 0. The maximum absolute atomic E-state index is 13.0. The van der Waals surface area contributed by atoms with Crippen molar-refractivity contribution >= 4 is 39.5 Å². The first-order valence-electron chi connectivity index (χ1n) is 37.3. The number of phosphoric acid groups is 2. The van der Waals surface area contributed by atoms with Crippen molar-refractivity contribution in [1.82, 2.24) is 0 Å². The molecule has 17 nitrogen and oxygen atoms in total. The minimum absolute atomic E-state index is 0.100. The van der Waals surface area contributed by atoms with Crippen molar-refractivity contribution in [3.8, 4) is 0 Å². The minimum Gasteiger partial charge on any atom is -0.462 e. The summed E-state index contributed by atoms with van der Waals surface area (Å²) in [6.07, 6.45) is 53.9. The Hall–Kier alpha value is -2.46. The van der Waals surface area contributed by atoms with E-state index in [1.54, 1.807) is 0 Å². The van der Waals surface area contributed by atoms with E-state index in [4.69, 9.17) is 37.0 Å². The Morgan fingerprint density at radius 3 is 0.891 bits per heavy atom. The van der Waals surface area contributed by atoms with E-state index < -0.39 is 97.5 Å². The molecule has 0 aromatic heterocycles. The van der Waals surface area contributed by atoms with E-state index >= 15 is 0 Å². The standard InChI is InChI=1S/C73H138O17P2/c1-7-9-11-13-14-15-16-17-18-22-28-33-38-44-50-56-71(76)84-62-69(90-73(78)58-51-45-39-34-29-23-20-19-21-26-31-36-42-47-53-65(3)4)64-88-92(81,82)86-60-67(74)59-85-91(79,80)87-63-68(61-83-70(75)55-49-41-12-10-8-2)89-72(77)57-52-46-40-35-30-25-24-27-32-37-43-48-54-66(5)6/h15-18,65-69,74H,7-14,19-64H2,1-6H3,(H,79,80)(H,81,82)/b16-15-,18-17-/t67-,68+,69+/m0/s1. The number of allylic oxidation sites excluding steroid dienone is 4. The van der Waals surface area contributed by atoms with Crippen LogP contribution in [0.1, 0.15) is 350 Å². The molecule has 0 fully saturated rings. The average Bonchev–Trinajstić information content (AvgIpc) is 1.94. The van der Waals surface area contributed by atoms with E-state index in [9.17, 15) is 43.2 Å². The second-order valence-electron chi connectivity index (χ2n) is 26.6. The number of esters is 4. The third-order valence-corrected chi connectivity index (χ3v) is 18.2. The van der Waals surface area contributed by atoms with Crippen molar-refractivity contribution in [3.05, 3.63) is 24.3 Å². The fraction of sp³-hybridized carbons (Fsp3) is 0.890. The molecule has 0 rings (SSSR count). The number of hydrogen-bond acceptors (Lipinski definition) is 15. The molecule has 542 valence electrons. The van der Waals surface area contributed by atoms with Gasteiger partial charge in [-0.05, 0) is 63.2 Å². The van der Waals surface area contributed by atoms with Gasteiger partial charge in [-0.15, -0.1) is 0 Å². The van der Waals surface area contributed by atoms with E-state index in [2.05, 4.69) is 65.8 Å². The molecule has 0 bridgehead atoms. The summed E-state index contributed by atoms with van der Waals surface area (Å²) in [4.78, 5) is 72.4. The molecule has 5 atom stereocenters. The molecule has 92 heavy (non-hydrogen) atoms. The minimum atomic E-state index is -4.96. The monoisotopic (exact) mass is 1350 g/mol. The van der Waals surface area contributed by atoms with Crippen molar-refractivity contribution in [1.29, 1.82) is 0 Å². The van der Waals surface area contributed by atoms with E-state index in [1.165, 1.54) is 141 Å². The summed E-state index contributed by atoms with van der Waals surface area (Å²) in [5.41, 5.74) is 0. The normalized spacial score (nSPS) is 14.2. The van der Waals surface area contributed by atoms with Crippen LogP contribution in [-0.4, -0.2) is 96.7 Å². The van der Waals surface area contributed by atoms with Crippen LogP contribution in [0.4, 0.5) is 0 Å². The maximum Gasteiger partial charge on any atom is 0.472 e. The van der Waals surface area contributed by atoms with Crippen LogP contribution >= 0.6 is 15.6 Å². The number of unbranched alkanes of at least 4 members (excludes halogenated alkanes) is 37. The van der Waals surface area contributed by atoms with Crippen LogP contribution in [0, 0.1) is 11.8 Å². The Labute approximate surface area is 561 Å². The summed E-state index contributed by atoms with van der Waals surface area (Å²) < 4.78 is 68.2. The predicted octanol–water partition coefficient (Wildman–Crippen LogP) is 20.7. The molecule has 19 heteroatoms. The largest absolute Gasteiger partial charge is 0.472 e. The van der Waals surface area contributed by atoms with Crippen LogP contribution in [0.3, 0.4) is 0 Å². The summed E-state index contributed by atoms with van der Waals surface area (Å²) in [6.45, 7) is 9.45. The number of carbonyl (C=O) groups excluding carboxylic acids is 4. The number of ether oxygens (including phenoxy) is 4. The highest BCUT2D eigenvalue weighted by molar-refractivity contribution is 7.47. The van der Waals surface area contributed by atoms with Gasteiger partial charge in [0.2, 0.25) is 0 Å². The summed E-state index contributed by atoms with van der Waals surface area (Å²) in [7, 11) is -9.91. The molecular formula is C73H138O17P2. The molecule has 2 unspecified atom stereocenters. The predicted molar refractivity (Wildman–Crippen MR) is 372 cm³/mol. The number of aliphatic hydroxyl groups is 1. The average molecular weight is 1350 g/mol. The molecule has 0 heterocycles. The Kier molecular flexibility index (Phi) is 62.8. The highest BCUT2D eigenvalue weighted by Crippen LogP contribution is 2.45. The van der Waals surface area contributed by atoms with Gasteiger partial charge in [-0.2, -0.15) is 0 Å². The van der Waals surface area contributed by atoms with E-state index in [-0.39, 0.29) is 25.7 Å². The van der Waals surface area contributed by atoms with E-state index in [0.29, 0.717) is 25.7 Å². The van der Waals surface area contributed by atoms with E-state index in [1.807, 2.05) is 0 Å². The van der Waals surface area contributed by atoms with E-state index in [0.717, 1.165) is 127 Å². The van der Waals surface area contributed by atoms with Crippen LogP contribution in [0.2, 0.25) is 0 Å². The molecule has 0 aromatic carbocycles. The summed E-state index contributed by atoms with van der Waals surface area (Å²) in [5, 5.41) is 10.6. The van der Waals surface area contributed by atoms with Crippen LogP contribution in [0.25, 0.3) is 0 Å². The number of phosphoric ester groups is 2. The van der Waals surface area contributed by atoms with Gasteiger partial charge in [-0.1, -0.05) is 297 Å². The van der Waals surface area contributed by atoms with Gasteiger partial charge in [0.15, 0.2) is 12.2 Å². The van der Waals surface area contributed by atoms with Crippen LogP contribution in [0.15, 0.2) is 24.3 Å². The number of carbonyl (C=O) groups is 4. The molecule has 0 saturated carbocycles. The lowest BCUT2D eigenvalue weighted by Crippen LogP contribution is -2.30. The van der Waals surface area contributed by atoms with Crippen molar-refractivity contribution < 1.29 is 80.2 Å². The quantitative estimate of drug-likeness (QED) is 0.0169. The first-order chi connectivity index (χ1) is 44.4. The Balaban J connectivity index is 5.19. The van der Waals surface area contributed by atoms with Gasteiger partial charge in [0.05, 0.1) is 26.4 Å². The second kappa shape index (κ2) is 64.5. The van der Waals surface area contributed by atoms with Gasteiger partial charge in [-0.3, -0.25) is 37.3 Å². The van der Waals surface area contributed by atoms with Crippen LogP contribution < -0.4 is 0 Å². The SMILES string of the molecule is CCCCCC/C=C\C=C/CCCCCCCC(=O)OC[C@H](COP(=O)(O)OC[C@@H](O)COP(=O)(O)OC[C@@H](COC(=O)CCCCCCC)OC(=O)CCCCCCCCCCCCCCC(C)C)OC(=O)CCCCCCCCCCCCCCCCC(C)C. The third kappa shape index (κ3) is 66.2. The van der Waals surface area contributed by atoms with Gasteiger partial charge >= 0.3 is 39.5 Å². The molecule has 0 radical (unpaired) electrons. The first kappa shape index (κ1) is 89.5. The number of aliphatic hydroxyl groups excluding tert-OH is 1. The van der Waals surface area contributed by atoms with Gasteiger partial charge in [0.25, 0.3) is 0 Å². The number of rotatable bonds is 70.